The second-order valence-electron chi connectivity index (χ2n) is 35.0. The molecule has 0 N–H and O–H groups in total. The van der Waals surface area contributed by atoms with Gasteiger partial charge in [-0.3, -0.25) is 24.0 Å². The molecule has 106 heavy (non-hydrogen) atoms. The molecule has 9 rings (SSSR count). The van der Waals surface area contributed by atoms with Crippen LogP contribution in [0.15, 0.2) is 224 Å². The summed E-state index contributed by atoms with van der Waals surface area (Å²) >= 11 is -0.418. The summed E-state index contributed by atoms with van der Waals surface area (Å²) in [5.74, 6) is 1.08. The zero-order valence-corrected chi connectivity index (χ0v) is 76.5. The number of carbonyl (C=O) groups excluding carboxylic acids is 5. The fourth-order valence-corrected chi connectivity index (χ4v) is 11.1. The van der Waals surface area contributed by atoms with Crippen LogP contribution < -0.4 is 0 Å². The van der Waals surface area contributed by atoms with E-state index in [2.05, 4.69) is 130 Å². The Bertz CT molecular complexity index is 4140. The molecule has 0 aliphatic carbocycles. The maximum absolute atomic E-state index is 12.3. The van der Waals surface area contributed by atoms with Gasteiger partial charge in [-0.15, -0.1) is 0 Å². The van der Waals surface area contributed by atoms with Crippen molar-refractivity contribution in [2.45, 2.75) is 217 Å². The van der Waals surface area contributed by atoms with E-state index in [1.165, 1.54) is 45.2 Å². The number of allylic oxidation sites excluding steroid dienone is 1. The molecule has 0 heterocycles. The zero-order chi connectivity index (χ0) is 80.0. The molecule has 0 saturated heterocycles. The van der Waals surface area contributed by atoms with E-state index >= 15 is 0 Å². The summed E-state index contributed by atoms with van der Waals surface area (Å²) < 4.78 is 12.6. The molecule has 9 aromatic rings. The first kappa shape index (κ1) is 97.9. The van der Waals surface area contributed by atoms with E-state index in [4.69, 9.17) is 4.32 Å². The summed E-state index contributed by atoms with van der Waals surface area (Å²) in [5, 5.41) is 4.44. The van der Waals surface area contributed by atoms with E-state index in [1.807, 2.05) is 288 Å². The van der Waals surface area contributed by atoms with E-state index < -0.39 is 21.1 Å². The molecule has 0 saturated carbocycles. The van der Waals surface area contributed by atoms with Crippen molar-refractivity contribution in [1.29, 1.82) is 1.34 Å². The average molecular weight is 1640 g/mol. The molecule has 0 aromatic heterocycles. The summed E-state index contributed by atoms with van der Waals surface area (Å²) in [7, 11) is -0.350. The van der Waals surface area contributed by atoms with Crippen LogP contribution in [0.5, 0.6) is 0 Å². The summed E-state index contributed by atoms with van der Waals surface area (Å²) in [6.07, 6.45) is 6.17. The number of ketones is 5. The molecule has 1 radical (unpaired) electrons. The van der Waals surface area contributed by atoms with Crippen LogP contribution in [-0.2, 0) is 63.5 Å². The van der Waals surface area contributed by atoms with Gasteiger partial charge in [-0.25, -0.2) is 0 Å². The Morgan fingerprint density at radius 1 is 0.453 bits per heavy atom. The summed E-state index contributed by atoms with van der Waals surface area (Å²) in [6, 6.07) is 72.4. The van der Waals surface area contributed by atoms with Gasteiger partial charge in [-0.2, -0.15) is 0 Å². The van der Waals surface area contributed by atoms with Gasteiger partial charge in [0, 0.05) is 82.9 Å². The van der Waals surface area contributed by atoms with E-state index in [0.29, 0.717) is 23.0 Å². The number of hydrogen-bond donors (Lipinski definition) is 0. The predicted octanol–water partition coefficient (Wildman–Crippen LogP) is 27.2. The molecule has 0 fully saturated rings. The summed E-state index contributed by atoms with van der Waals surface area (Å²) in [4.78, 5) is 59.2. The van der Waals surface area contributed by atoms with Crippen LogP contribution in [0.3, 0.4) is 0 Å². The Hall–Kier alpha value is -6.12. The number of benzene rings is 9. The molecule has 0 aliphatic rings. The average Bonchev–Trinajstić information content (AvgIpc) is 0.810. The Morgan fingerprint density at radius 3 is 1.34 bits per heavy atom. The van der Waals surface area contributed by atoms with Crippen LogP contribution in [0.4, 0.5) is 0 Å². The molecule has 0 aliphatic heterocycles. The molecule has 1 unspecified atom stereocenters. The van der Waals surface area contributed by atoms with Gasteiger partial charge in [0.15, 0.2) is 23.1 Å². The number of aryl methyl sites for hydroxylation is 2. The fraction of sp³-hybridized carbons (Fsp3) is 0.396. The number of carbonyl (C=O) groups is 5. The van der Waals surface area contributed by atoms with Crippen molar-refractivity contribution in [3.8, 4) is 0 Å². The molecule has 6 nitrogen and oxygen atoms in total. The van der Waals surface area contributed by atoms with Crippen LogP contribution in [0.1, 0.15) is 243 Å². The van der Waals surface area contributed by atoms with E-state index in [9.17, 15) is 24.0 Å². The first-order chi connectivity index (χ1) is 48.4. The number of rotatable bonds is 11. The molecule has 9 aromatic carbocycles. The number of Topliss-reactive ketones (excluding diaryl/α,β-unsaturated/α-hetero) is 4. The maximum atomic E-state index is 12.3. The van der Waals surface area contributed by atoms with Crippen molar-refractivity contribution in [2.24, 2.45) is 32.5 Å². The third-order valence-corrected chi connectivity index (χ3v) is 17.7. The third kappa shape index (κ3) is 39.8. The quantitative estimate of drug-likeness (QED) is 0.0320. The first-order valence-electron chi connectivity index (χ1n) is 37.0. The Balaban J connectivity index is 0.00000120. The largest absolute Gasteiger partial charge is 0.358 e. The van der Waals surface area contributed by atoms with Gasteiger partial charge in [-0.05, 0) is 117 Å². The van der Waals surface area contributed by atoms with Crippen LogP contribution in [0.25, 0.3) is 27.6 Å². The summed E-state index contributed by atoms with van der Waals surface area (Å²) in [6.45, 7) is 58.0. The SMILES string of the molecule is CC(C)(C)C(=O)/C=C/c1ccccc1.CC(C)(C)C(=O)CCc1ccccc1.CC(C)(C)C(=O)c1ccc2ccccc2c1.CC(C)(C)C(=O)c1cccc2ccccc12.CC(C)(C)C(=O)c1ccccc1.CC(C)(C)c1ccccc1.Cc1ccc(CC(C)(C)C)c(C)c1C.[2H]B(O[IH]P)C(C)(C)C.[CH3-].[Y]. The first-order valence-corrected chi connectivity index (χ1v) is 41.9. The van der Waals surface area contributed by atoms with Crippen LogP contribution in [-0.4, -0.2) is 37.7 Å². The predicted molar refractivity (Wildman–Crippen MR) is 473 cm³/mol. The maximum Gasteiger partial charge on any atom is 0 e. The molecular formula is C96H132BIO6PY-. The molecule has 1 atom stereocenters. The van der Waals surface area contributed by atoms with Gasteiger partial charge in [-0.1, -0.05) is 364 Å². The zero-order valence-electron chi connectivity index (χ0n) is 71.2. The van der Waals surface area contributed by atoms with Crippen molar-refractivity contribution < 1.29 is 59.7 Å². The number of halogens is 1. The molecular weight excluding hydrogens is 1510 g/mol. The standard InChI is InChI=1S/2C15H16O.C14H22.C13H18O.C13H16O.C11H14O.C10H14.C4H13BIOP.CH3.Y/c1-15(2,3)14(16)13-10-6-8-11-7-4-5-9-12(11)13;1-15(2,3)14(16)13-9-8-11-6-4-5-7-12(11)10-13;1-10-7-8-13(9-14(4,5)6)12(3)11(10)2;2*1-13(2,3)12(14)10-9-11-7-5-4-6-8-11;1-11(2,3)10(12)9-7-5-4-6-8-9;1-10(2,3)9-7-5-4-6-8-9;1-4(2,3)5-7-6-8;;/h2*4-10H,1-3H3;7-8H,9H2,1-6H3;4-8H,9-10H2,1-3H3;4-10H,1-3H3;4-8H,1-3H3;4-8H,1-3H3;5-6H,8H2,1-3H3;1H3;/q;;;;;;;;-1;/b;;;;10-9+;;;;;/i;;;;;;;5D;;. The Labute approximate surface area is 684 Å². The van der Waals surface area contributed by atoms with Crippen LogP contribution in [0, 0.1) is 60.7 Å². The van der Waals surface area contributed by atoms with Gasteiger partial charge in [0.2, 0.25) is 0 Å². The molecule has 0 bridgehead atoms. The smallest absolute Gasteiger partial charge is 0 e. The summed E-state index contributed by atoms with van der Waals surface area (Å²) in [5.41, 5.74) is 11.2. The number of hydrogen-bond acceptors (Lipinski definition) is 6. The van der Waals surface area contributed by atoms with E-state index in [1.54, 1.807) is 6.08 Å². The van der Waals surface area contributed by atoms with Gasteiger partial charge in [0.1, 0.15) is 5.78 Å². The minimum absolute atomic E-state index is 0. The fourth-order valence-electron chi connectivity index (χ4n) is 9.76. The molecule has 0 spiro atoms. The normalized spacial score (nSPS) is 11.6. The minimum atomic E-state index is -0.418. The molecule has 10 heteroatoms. The van der Waals surface area contributed by atoms with Gasteiger partial charge in [0.05, 0.1) is 0 Å². The monoisotopic (exact) mass is 1640 g/mol. The van der Waals surface area contributed by atoms with Gasteiger partial charge >= 0.3 is 65.8 Å². The second kappa shape index (κ2) is 46.4. The molecule has 0 amide bonds. The van der Waals surface area contributed by atoms with Crippen LogP contribution >= 0.6 is 28.0 Å². The molecule has 571 valence electrons. The van der Waals surface area contributed by atoms with Gasteiger partial charge in [0.25, 0.3) is 0 Å². The number of fused-ring (bicyclic) bond motifs is 2. The van der Waals surface area contributed by atoms with E-state index in [0.717, 1.165) is 44.8 Å². The third-order valence-electron chi connectivity index (χ3n) is 16.4. The van der Waals surface area contributed by atoms with Crippen molar-refractivity contribution in [3.05, 3.63) is 288 Å². The second-order valence-corrected chi connectivity index (χ2v) is 37.4. The van der Waals surface area contributed by atoms with Crippen molar-refractivity contribution in [3.63, 3.8) is 0 Å². The minimum Gasteiger partial charge on any atom is -0.358 e. The Morgan fingerprint density at radius 2 is 0.896 bits per heavy atom. The van der Waals surface area contributed by atoms with Crippen LogP contribution in [0.2, 0.25) is 5.31 Å². The van der Waals surface area contributed by atoms with Crippen molar-refractivity contribution in [2.75, 3.05) is 0 Å². The Kier molecular flexibility index (Phi) is 42.9. The topological polar surface area (TPSA) is 94.6 Å². The van der Waals surface area contributed by atoms with Crippen molar-refractivity contribution in [1.82, 2.24) is 0 Å². The van der Waals surface area contributed by atoms with Crippen molar-refractivity contribution >= 4 is 91.9 Å². The van der Waals surface area contributed by atoms with Gasteiger partial charge < -0.3 is 7.43 Å². The van der Waals surface area contributed by atoms with E-state index in [-0.39, 0.29) is 103 Å².